The molecule has 44 heavy (non-hydrogen) atoms. The average molecular weight is 555 g/mol. The molecule has 0 radical (unpaired) electrons. The van der Waals surface area contributed by atoms with Gasteiger partial charge in [0.05, 0.1) is 0 Å². The lowest BCUT2D eigenvalue weighted by Gasteiger charge is -2.17. The van der Waals surface area contributed by atoms with Crippen molar-refractivity contribution in [2.24, 2.45) is 0 Å². The number of hydrogen-bond acceptors (Lipinski definition) is 0. The Balaban J connectivity index is 1.31. The molecule has 0 nitrogen and oxygen atoms in total. The Hall–Kier alpha value is -5.72. The summed E-state index contributed by atoms with van der Waals surface area (Å²) < 4.78 is 0. The van der Waals surface area contributed by atoms with Gasteiger partial charge in [-0.2, -0.15) is 0 Å². The molecule has 0 aliphatic heterocycles. The second-order valence-corrected chi connectivity index (χ2v) is 12.1. The lowest BCUT2D eigenvalue weighted by atomic mass is 9.86. The van der Waals surface area contributed by atoms with Crippen LogP contribution in [0, 0.1) is 0 Å². The summed E-state index contributed by atoms with van der Waals surface area (Å²) in [5.74, 6) is 0. The maximum Gasteiger partial charge on any atom is -0.00199 e. The zero-order valence-electron chi connectivity index (χ0n) is 24.0. The van der Waals surface area contributed by atoms with Gasteiger partial charge in [-0.3, -0.25) is 0 Å². The van der Waals surface area contributed by atoms with Gasteiger partial charge in [0.2, 0.25) is 0 Å². The molecule has 10 rings (SSSR count). The second kappa shape index (κ2) is 8.89. The van der Waals surface area contributed by atoms with E-state index < -0.39 is 0 Å². The van der Waals surface area contributed by atoms with Crippen molar-refractivity contribution in [3.8, 4) is 22.3 Å². The molecule has 0 amide bonds. The van der Waals surface area contributed by atoms with E-state index in [0.29, 0.717) is 0 Å². The van der Waals surface area contributed by atoms with E-state index in [1.54, 1.807) is 0 Å². The summed E-state index contributed by atoms with van der Waals surface area (Å²) in [5, 5.41) is 18.3. The van der Waals surface area contributed by atoms with Gasteiger partial charge in [0.15, 0.2) is 0 Å². The maximum atomic E-state index is 2.44. The molecule has 0 spiro atoms. The molecule has 0 aliphatic carbocycles. The van der Waals surface area contributed by atoms with Gasteiger partial charge in [0.1, 0.15) is 0 Å². The first-order valence-electron chi connectivity index (χ1n) is 15.4. The largest absolute Gasteiger partial charge is 0.0616 e. The standard InChI is InChI=1S/C44H26/c1-2-12-35-28(7-1)8-3-13-36(35)29-19-17-27(18-20-29)34-25-33-24-23-32-10-5-15-38-37-14-4-9-30-21-22-31-11-6-16-39(43(31)41(30)37)40(26-34)44(33)42(32)38/h1-26H. The summed E-state index contributed by atoms with van der Waals surface area (Å²) >= 11 is 0. The van der Waals surface area contributed by atoms with Crippen LogP contribution in [0.4, 0.5) is 0 Å². The maximum absolute atomic E-state index is 2.44. The normalized spacial score (nSPS) is 12.1. The molecule has 202 valence electrons. The summed E-state index contributed by atoms with van der Waals surface area (Å²) in [7, 11) is 0. The molecule has 10 aromatic rings. The van der Waals surface area contributed by atoms with Crippen LogP contribution in [0.25, 0.3) is 97.7 Å². The molecule has 0 fully saturated rings. The Labute approximate surface area is 254 Å². The van der Waals surface area contributed by atoms with E-state index in [1.807, 2.05) is 0 Å². The molecular formula is C44H26. The molecular weight excluding hydrogens is 528 g/mol. The van der Waals surface area contributed by atoms with Crippen LogP contribution in [0.15, 0.2) is 158 Å². The van der Waals surface area contributed by atoms with E-state index in [4.69, 9.17) is 0 Å². The molecule has 10 aromatic carbocycles. The highest BCUT2D eigenvalue weighted by atomic mass is 14.2. The summed E-state index contributed by atoms with van der Waals surface area (Å²) in [5.41, 5.74) is 4.98. The third kappa shape index (κ3) is 3.28. The van der Waals surface area contributed by atoms with Crippen LogP contribution in [0.3, 0.4) is 0 Å². The smallest absolute Gasteiger partial charge is 0.00199 e. The summed E-state index contributed by atoms with van der Waals surface area (Å²) in [6, 6.07) is 58.7. The van der Waals surface area contributed by atoms with Gasteiger partial charge in [-0.1, -0.05) is 146 Å². The van der Waals surface area contributed by atoms with Gasteiger partial charge in [0.25, 0.3) is 0 Å². The lowest BCUT2D eigenvalue weighted by Crippen LogP contribution is -1.89. The van der Waals surface area contributed by atoms with Gasteiger partial charge in [0, 0.05) is 0 Å². The highest BCUT2D eigenvalue weighted by molar-refractivity contribution is 6.37. The number of benzene rings is 9. The highest BCUT2D eigenvalue weighted by Crippen LogP contribution is 2.44. The van der Waals surface area contributed by atoms with Crippen LogP contribution in [0.2, 0.25) is 0 Å². The topological polar surface area (TPSA) is 0 Å². The fourth-order valence-corrected chi connectivity index (χ4v) is 7.77. The Bertz CT molecular complexity index is 2730. The van der Waals surface area contributed by atoms with E-state index in [1.165, 1.54) is 97.7 Å². The Morgan fingerprint density at radius 3 is 1.34 bits per heavy atom. The van der Waals surface area contributed by atoms with E-state index >= 15 is 0 Å². The number of fused-ring (bicyclic) bond motifs is 3. The molecule has 0 unspecified atom stereocenters. The van der Waals surface area contributed by atoms with Crippen molar-refractivity contribution < 1.29 is 0 Å². The Morgan fingerprint density at radius 2 is 0.682 bits per heavy atom. The molecule has 0 saturated heterocycles. The Morgan fingerprint density at radius 1 is 0.227 bits per heavy atom. The van der Waals surface area contributed by atoms with Crippen molar-refractivity contribution in [1.82, 2.24) is 0 Å². The van der Waals surface area contributed by atoms with Gasteiger partial charge in [-0.15, -0.1) is 0 Å². The highest BCUT2D eigenvalue weighted by Gasteiger charge is 2.16. The quantitative estimate of drug-likeness (QED) is 0.186. The minimum absolute atomic E-state index is 1.23. The van der Waals surface area contributed by atoms with Crippen molar-refractivity contribution in [2.45, 2.75) is 0 Å². The summed E-state index contributed by atoms with van der Waals surface area (Å²) in [4.78, 5) is 0. The van der Waals surface area contributed by atoms with Crippen LogP contribution in [0.1, 0.15) is 0 Å². The van der Waals surface area contributed by atoms with Crippen LogP contribution in [-0.4, -0.2) is 0 Å². The minimum atomic E-state index is 1.23. The monoisotopic (exact) mass is 554 g/mol. The van der Waals surface area contributed by atoms with Crippen molar-refractivity contribution in [1.29, 1.82) is 0 Å². The fourth-order valence-electron chi connectivity index (χ4n) is 7.77. The molecule has 0 aromatic heterocycles. The van der Waals surface area contributed by atoms with Crippen LogP contribution in [-0.2, 0) is 0 Å². The lowest BCUT2D eigenvalue weighted by molar-refractivity contribution is 1.63. The summed E-state index contributed by atoms with van der Waals surface area (Å²) in [6.45, 7) is 0. The number of hydrogen-bond donors (Lipinski definition) is 0. The zero-order chi connectivity index (χ0) is 28.8. The van der Waals surface area contributed by atoms with Crippen LogP contribution in [0.5, 0.6) is 0 Å². The van der Waals surface area contributed by atoms with Crippen molar-refractivity contribution >= 4 is 75.4 Å². The Kier molecular flexibility index (Phi) is 4.81. The third-order valence-corrected chi connectivity index (χ3v) is 9.74. The fraction of sp³-hybridized carbons (Fsp3) is 0. The molecule has 0 aliphatic rings. The molecule has 0 atom stereocenters. The summed E-state index contributed by atoms with van der Waals surface area (Å²) in [6.07, 6.45) is 0. The predicted molar refractivity (Wildman–Crippen MR) is 191 cm³/mol. The number of rotatable bonds is 2. The predicted octanol–water partition coefficient (Wildman–Crippen LogP) is 12.5. The van der Waals surface area contributed by atoms with Crippen LogP contribution >= 0.6 is 0 Å². The minimum Gasteiger partial charge on any atom is -0.0616 e. The molecule has 0 saturated carbocycles. The van der Waals surface area contributed by atoms with Gasteiger partial charge in [-0.25, -0.2) is 0 Å². The van der Waals surface area contributed by atoms with Gasteiger partial charge >= 0.3 is 0 Å². The molecule has 0 heterocycles. The second-order valence-electron chi connectivity index (χ2n) is 12.1. The van der Waals surface area contributed by atoms with E-state index in [9.17, 15) is 0 Å². The first kappa shape index (κ1) is 23.8. The van der Waals surface area contributed by atoms with E-state index in [-0.39, 0.29) is 0 Å². The van der Waals surface area contributed by atoms with Gasteiger partial charge in [-0.05, 0) is 110 Å². The van der Waals surface area contributed by atoms with Crippen molar-refractivity contribution in [3.05, 3.63) is 158 Å². The van der Waals surface area contributed by atoms with Crippen molar-refractivity contribution in [2.75, 3.05) is 0 Å². The van der Waals surface area contributed by atoms with Crippen molar-refractivity contribution in [3.63, 3.8) is 0 Å². The third-order valence-electron chi connectivity index (χ3n) is 9.74. The average Bonchev–Trinajstić information content (AvgIpc) is 3.09. The van der Waals surface area contributed by atoms with Crippen LogP contribution < -0.4 is 0 Å². The molecule has 0 heteroatoms. The first-order valence-corrected chi connectivity index (χ1v) is 15.4. The van der Waals surface area contributed by atoms with E-state index in [2.05, 4.69) is 158 Å². The molecule has 0 bridgehead atoms. The molecule has 0 N–H and O–H groups in total. The van der Waals surface area contributed by atoms with Gasteiger partial charge < -0.3 is 0 Å². The zero-order valence-corrected chi connectivity index (χ0v) is 24.0. The SMILES string of the molecule is c1ccc2c(-c3ccc(-c4cc5ccc6cccc7c8cccc9ccc%10cccc(c(c4)c5c67)c%10c98)cc3)cccc2c1. The first-order chi connectivity index (χ1) is 21.8. The van der Waals surface area contributed by atoms with E-state index in [0.717, 1.165) is 0 Å².